The lowest BCUT2D eigenvalue weighted by Crippen LogP contribution is -1.57. The molecule has 10 heavy (non-hydrogen) atoms. The predicted molar refractivity (Wildman–Crippen MR) is 42.1 cm³/mol. The number of benzene rings is 1. The molecule has 0 saturated heterocycles. The van der Waals surface area contributed by atoms with E-state index < -0.39 is 0 Å². The van der Waals surface area contributed by atoms with E-state index in [0.717, 1.165) is 11.0 Å². The molecule has 0 bridgehead atoms. The minimum atomic E-state index is 0.557. The van der Waals surface area contributed by atoms with Gasteiger partial charge in [0.25, 0.3) is 0 Å². The van der Waals surface area contributed by atoms with Crippen LogP contribution in [-0.2, 0) is 0 Å². The molecule has 0 aliphatic rings. The molecule has 1 radical (unpaired) electrons. The topological polar surface area (TPSA) is 13.1 Å². The number of rotatable bonds is 0. The van der Waals surface area contributed by atoms with Crippen molar-refractivity contribution < 1.29 is 4.42 Å². The summed E-state index contributed by atoms with van der Waals surface area (Å²) in [5.74, 6) is 0. The van der Waals surface area contributed by atoms with Crippen molar-refractivity contribution in [2.45, 2.75) is 5.09 Å². The highest BCUT2D eigenvalue weighted by Crippen LogP contribution is 2.20. The number of hydrogen-bond acceptors (Lipinski definition) is 1. The summed E-state index contributed by atoms with van der Waals surface area (Å²) in [7, 11) is 0. The second-order valence-electron chi connectivity index (χ2n) is 2.10. The summed E-state index contributed by atoms with van der Waals surface area (Å²) in [6.45, 7) is 0. The van der Waals surface area contributed by atoms with Gasteiger partial charge in [-0.05, 0) is 18.7 Å². The van der Waals surface area contributed by atoms with Gasteiger partial charge in [0.15, 0.2) is 5.09 Å². The van der Waals surface area contributed by atoms with Gasteiger partial charge in [-0.15, -0.1) is 0 Å². The molecule has 0 N–H and O–H groups in total. The minimum Gasteiger partial charge on any atom is -0.445 e. The maximum Gasteiger partial charge on any atom is 0.191 e. The predicted octanol–water partition coefficient (Wildman–Crippen LogP) is 2.99. The van der Waals surface area contributed by atoms with Crippen LogP contribution in [0.3, 0.4) is 0 Å². The Labute approximate surface area is 64.1 Å². The Bertz CT molecular complexity index is 318. The summed E-state index contributed by atoms with van der Waals surface area (Å²) in [5.41, 5.74) is 0.868. The van der Waals surface area contributed by atoms with E-state index in [4.69, 9.17) is 17.0 Å². The molecule has 0 spiro atoms. The Morgan fingerprint density at radius 3 is 2.80 bits per heavy atom. The van der Waals surface area contributed by atoms with E-state index in [1.54, 1.807) is 0 Å². The van der Waals surface area contributed by atoms with Gasteiger partial charge < -0.3 is 4.42 Å². The molecule has 1 aromatic heterocycles. The minimum absolute atomic E-state index is 0.557. The Morgan fingerprint density at radius 2 is 2.00 bits per heavy atom. The van der Waals surface area contributed by atoms with Gasteiger partial charge in [0.2, 0.25) is 0 Å². The third kappa shape index (κ3) is 0.772. The van der Waals surface area contributed by atoms with Gasteiger partial charge in [-0.3, -0.25) is 0 Å². The zero-order valence-corrected chi connectivity index (χ0v) is 6.02. The van der Waals surface area contributed by atoms with Crippen LogP contribution in [-0.4, -0.2) is 0 Å². The van der Waals surface area contributed by atoms with Crippen molar-refractivity contribution in [3.05, 3.63) is 30.3 Å². The van der Waals surface area contributed by atoms with Crippen molar-refractivity contribution in [1.29, 1.82) is 0 Å². The summed E-state index contributed by atoms with van der Waals surface area (Å²) in [5, 5.41) is 1.63. The molecule has 0 aliphatic carbocycles. The second-order valence-corrected chi connectivity index (χ2v) is 2.51. The summed E-state index contributed by atoms with van der Waals surface area (Å²) < 4.78 is 5.18. The van der Waals surface area contributed by atoms with Crippen LogP contribution in [0.15, 0.2) is 39.8 Å². The molecule has 0 amide bonds. The molecule has 1 heterocycles. The van der Waals surface area contributed by atoms with Crippen molar-refractivity contribution in [3.8, 4) is 0 Å². The average Bonchev–Trinajstić information content (AvgIpc) is 2.27. The molecule has 0 saturated carbocycles. The number of furan rings is 1. The van der Waals surface area contributed by atoms with Crippen LogP contribution in [0.4, 0.5) is 0 Å². The third-order valence-electron chi connectivity index (χ3n) is 1.40. The van der Waals surface area contributed by atoms with Gasteiger partial charge in [0.05, 0.1) is 0 Å². The Kier molecular flexibility index (Phi) is 1.14. The number of hydrogen-bond donors (Lipinski definition) is 0. The lowest BCUT2D eigenvalue weighted by molar-refractivity contribution is 0.517. The van der Waals surface area contributed by atoms with E-state index >= 15 is 0 Å². The quantitative estimate of drug-likeness (QED) is 0.561. The molecule has 2 rings (SSSR count). The van der Waals surface area contributed by atoms with Crippen LogP contribution < -0.4 is 0 Å². The fourth-order valence-corrected chi connectivity index (χ4v) is 1.17. The standard InChI is InChI=1S/C8H5OS/c10-8-5-6-3-1-2-4-7(6)9-8/h1-5H. The first kappa shape index (κ1) is 5.74. The van der Waals surface area contributed by atoms with Gasteiger partial charge in [-0.1, -0.05) is 18.2 Å². The highest BCUT2D eigenvalue weighted by molar-refractivity contribution is 7.80. The molecular weight excluding hydrogens is 144 g/mol. The largest absolute Gasteiger partial charge is 0.445 e. The number of fused-ring (bicyclic) bond motifs is 1. The number of para-hydroxylation sites is 1. The molecule has 1 nitrogen and oxygen atoms in total. The van der Waals surface area contributed by atoms with Gasteiger partial charge in [0.1, 0.15) is 5.58 Å². The summed E-state index contributed by atoms with van der Waals surface area (Å²) >= 11 is 4.85. The van der Waals surface area contributed by atoms with Crippen molar-refractivity contribution in [2.75, 3.05) is 0 Å². The summed E-state index contributed by atoms with van der Waals surface area (Å²) in [4.78, 5) is 0. The maximum absolute atomic E-state index is 5.18. The zero-order valence-electron chi connectivity index (χ0n) is 5.20. The Morgan fingerprint density at radius 1 is 1.20 bits per heavy atom. The van der Waals surface area contributed by atoms with Crippen LogP contribution in [0.2, 0.25) is 0 Å². The van der Waals surface area contributed by atoms with Gasteiger partial charge in [-0.2, -0.15) is 0 Å². The van der Waals surface area contributed by atoms with Crippen molar-refractivity contribution in [3.63, 3.8) is 0 Å². The van der Waals surface area contributed by atoms with E-state index in [-0.39, 0.29) is 0 Å². The molecule has 0 fully saturated rings. The summed E-state index contributed by atoms with van der Waals surface area (Å²) in [6.07, 6.45) is 0. The second kappa shape index (κ2) is 1.99. The third-order valence-corrected chi connectivity index (χ3v) is 1.60. The smallest absolute Gasteiger partial charge is 0.191 e. The normalized spacial score (nSPS) is 10.4. The average molecular weight is 149 g/mol. The molecule has 2 heteroatoms. The summed E-state index contributed by atoms with van der Waals surface area (Å²) in [6, 6.07) is 9.64. The van der Waals surface area contributed by atoms with E-state index in [2.05, 4.69) is 0 Å². The molecule has 0 aliphatic heterocycles. The SMILES string of the molecule is [S]c1cc2ccccc2o1. The molecule has 0 atom stereocenters. The first-order valence-electron chi connectivity index (χ1n) is 3.02. The van der Waals surface area contributed by atoms with Crippen LogP contribution >= 0.6 is 12.6 Å². The van der Waals surface area contributed by atoms with Crippen LogP contribution in [0.1, 0.15) is 0 Å². The van der Waals surface area contributed by atoms with E-state index in [1.807, 2.05) is 30.3 Å². The van der Waals surface area contributed by atoms with Gasteiger partial charge >= 0.3 is 0 Å². The van der Waals surface area contributed by atoms with E-state index in [0.29, 0.717) is 5.09 Å². The first-order valence-corrected chi connectivity index (χ1v) is 3.43. The first-order chi connectivity index (χ1) is 4.86. The lowest BCUT2D eigenvalue weighted by Gasteiger charge is -1.81. The van der Waals surface area contributed by atoms with Gasteiger partial charge in [-0.25, -0.2) is 0 Å². The Hall–Kier alpha value is -1.02. The van der Waals surface area contributed by atoms with Crippen molar-refractivity contribution in [2.24, 2.45) is 0 Å². The molecule has 0 unspecified atom stereocenters. The van der Waals surface area contributed by atoms with Crippen LogP contribution in [0.5, 0.6) is 0 Å². The fraction of sp³-hybridized carbons (Fsp3) is 0. The van der Waals surface area contributed by atoms with Crippen LogP contribution in [0, 0.1) is 0 Å². The Balaban J connectivity index is 2.88. The molecule has 2 aromatic rings. The maximum atomic E-state index is 5.18. The lowest BCUT2D eigenvalue weighted by atomic mass is 10.3. The van der Waals surface area contributed by atoms with E-state index in [1.165, 1.54) is 0 Å². The highest BCUT2D eigenvalue weighted by Gasteiger charge is 1.97. The van der Waals surface area contributed by atoms with Gasteiger partial charge in [0, 0.05) is 11.5 Å². The van der Waals surface area contributed by atoms with Crippen LogP contribution in [0.25, 0.3) is 11.0 Å². The molecule has 49 valence electrons. The molecule has 1 aromatic carbocycles. The highest BCUT2D eigenvalue weighted by atomic mass is 32.1. The molecular formula is C8H5OS. The zero-order chi connectivity index (χ0) is 6.97. The van der Waals surface area contributed by atoms with E-state index in [9.17, 15) is 0 Å². The fourth-order valence-electron chi connectivity index (χ4n) is 0.958. The van der Waals surface area contributed by atoms with Crippen molar-refractivity contribution >= 4 is 23.6 Å². The monoisotopic (exact) mass is 149 g/mol. The van der Waals surface area contributed by atoms with Crippen molar-refractivity contribution in [1.82, 2.24) is 0 Å².